The molecule has 100 valence electrons. The summed E-state index contributed by atoms with van der Waals surface area (Å²) < 4.78 is 27.2. The van der Waals surface area contributed by atoms with Gasteiger partial charge < -0.3 is 4.98 Å². The van der Waals surface area contributed by atoms with Gasteiger partial charge in [-0.25, -0.2) is 8.78 Å². The highest BCUT2D eigenvalue weighted by Gasteiger charge is 2.16. The number of aldehydes is 1. The van der Waals surface area contributed by atoms with E-state index in [4.69, 9.17) is 0 Å². The molecule has 0 atom stereocenters. The van der Waals surface area contributed by atoms with Crippen LogP contribution >= 0.6 is 0 Å². The van der Waals surface area contributed by atoms with Crippen molar-refractivity contribution in [3.05, 3.63) is 59.2 Å². The average Bonchev–Trinajstić information content (AvgIpc) is 2.79. The number of hydrogen-bond acceptors (Lipinski definition) is 1. The minimum atomic E-state index is -0.572. The molecule has 4 heteroatoms. The molecule has 0 saturated heterocycles. The van der Waals surface area contributed by atoms with Crippen molar-refractivity contribution >= 4 is 17.2 Å². The number of aromatic amines is 1. The van der Waals surface area contributed by atoms with Crippen LogP contribution in [0.3, 0.4) is 0 Å². The highest BCUT2D eigenvalue weighted by atomic mass is 19.1. The molecule has 0 saturated carbocycles. The maximum absolute atomic E-state index is 13.9. The van der Waals surface area contributed by atoms with Gasteiger partial charge in [-0.3, -0.25) is 4.79 Å². The normalized spacial score (nSPS) is 10.9. The SMILES string of the molecule is Cc1ccc2[nH]c(-c3cc(F)ccc3F)c(C=O)c2c1. The zero-order valence-electron chi connectivity index (χ0n) is 10.7. The number of aromatic nitrogens is 1. The first-order valence-electron chi connectivity index (χ1n) is 6.13. The maximum atomic E-state index is 13.9. The number of rotatable bonds is 2. The summed E-state index contributed by atoms with van der Waals surface area (Å²) in [5.74, 6) is -1.12. The van der Waals surface area contributed by atoms with E-state index in [-0.39, 0.29) is 5.56 Å². The lowest BCUT2D eigenvalue weighted by Crippen LogP contribution is -1.90. The molecule has 0 aliphatic carbocycles. The maximum Gasteiger partial charge on any atom is 0.152 e. The van der Waals surface area contributed by atoms with E-state index in [1.54, 1.807) is 0 Å². The monoisotopic (exact) mass is 271 g/mol. The van der Waals surface area contributed by atoms with E-state index >= 15 is 0 Å². The summed E-state index contributed by atoms with van der Waals surface area (Å²) in [6.07, 6.45) is 0.665. The highest BCUT2D eigenvalue weighted by Crippen LogP contribution is 2.31. The minimum absolute atomic E-state index is 0.0564. The van der Waals surface area contributed by atoms with Crippen LogP contribution < -0.4 is 0 Å². The second-order valence-corrected chi connectivity index (χ2v) is 4.70. The molecule has 0 unspecified atom stereocenters. The third-order valence-electron chi connectivity index (χ3n) is 3.31. The summed E-state index contributed by atoms with van der Waals surface area (Å²) in [4.78, 5) is 14.3. The van der Waals surface area contributed by atoms with E-state index < -0.39 is 11.6 Å². The lowest BCUT2D eigenvalue weighted by Gasteiger charge is -2.02. The predicted molar refractivity (Wildman–Crippen MR) is 73.8 cm³/mol. The molecule has 0 fully saturated rings. The number of halogens is 2. The van der Waals surface area contributed by atoms with Gasteiger partial charge in [0.15, 0.2) is 6.29 Å². The third kappa shape index (κ3) is 1.90. The highest BCUT2D eigenvalue weighted by molar-refractivity contribution is 6.04. The van der Waals surface area contributed by atoms with Crippen molar-refractivity contribution in [2.75, 3.05) is 0 Å². The number of carbonyl (C=O) groups is 1. The fourth-order valence-corrected chi connectivity index (χ4v) is 2.35. The lowest BCUT2D eigenvalue weighted by atomic mass is 10.0. The van der Waals surface area contributed by atoms with Gasteiger partial charge in [0.1, 0.15) is 11.6 Å². The summed E-state index contributed by atoms with van der Waals surface area (Å²) in [6, 6.07) is 8.73. The molecule has 0 amide bonds. The molecule has 0 aliphatic rings. The molecule has 0 aliphatic heterocycles. The van der Waals surface area contributed by atoms with Gasteiger partial charge in [0.25, 0.3) is 0 Å². The van der Waals surface area contributed by atoms with Gasteiger partial charge in [0.05, 0.1) is 5.69 Å². The zero-order valence-corrected chi connectivity index (χ0v) is 10.7. The van der Waals surface area contributed by atoms with E-state index in [2.05, 4.69) is 4.98 Å². The Hall–Kier alpha value is -2.49. The van der Waals surface area contributed by atoms with Gasteiger partial charge in [0, 0.05) is 22.0 Å². The molecule has 2 nitrogen and oxygen atoms in total. The van der Waals surface area contributed by atoms with Crippen LogP contribution in [0.5, 0.6) is 0 Å². The molecule has 2 aromatic carbocycles. The Labute approximate surface area is 114 Å². The van der Waals surface area contributed by atoms with Crippen LogP contribution in [0, 0.1) is 18.6 Å². The van der Waals surface area contributed by atoms with E-state index in [0.717, 1.165) is 29.3 Å². The molecule has 0 spiro atoms. The molecule has 0 radical (unpaired) electrons. The third-order valence-corrected chi connectivity index (χ3v) is 3.31. The number of benzene rings is 2. The molecule has 1 heterocycles. The summed E-state index contributed by atoms with van der Waals surface area (Å²) >= 11 is 0. The van der Waals surface area contributed by atoms with Crippen molar-refractivity contribution in [1.29, 1.82) is 0 Å². The van der Waals surface area contributed by atoms with E-state index in [1.165, 1.54) is 0 Å². The van der Waals surface area contributed by atoms with Crippen molar-refractivity contribution in [2.24, 2.45) is 0 Å². The first-order chi connectivity index (χ1) is 9.60. The molecule has 1 aromatic heterocycles. The van der Waals surface area contributed by atoms with E-state index in [0.29, 0.717) is 22.9 Å². The van der Waals surface area contributed by atoms with Gasteiger partial charge in [-0.1, -0.05) is 11.6 Å². The molecule has 0 bridgehead atoms. The van der Waals surface area contributed by atoms with Crippen molar-refractivity contribution in [3.63, 3.8) is 0 Å². The van der Waals surface area contributed by atoms with Crippen molar-refractivity contribution in [3.8, 4) is 11.3 Å². The summed E-state index contributed by atoms with van der Waals surface area (Å²) in [7, 11) is 0. The van der Waals surface area contributed by atoms with Crippen molar-refractivity contribution in [2.45, 2.75) is 6.92 Å². The minimum Gasteiger partial charge on any atom is -0.354 e. The number of aryl methyl sites for hydroxylation is 1. The van der Waals surface area contributed by atoms with E-state index in [9.17, 15) is 13.6 Å². The van der Waals surface area contributed by atoms with Gasteiger partial charge in [-0.2, -0.15) is 0 Å². The Bertz CT molecular complexity index is 821. The molecule has 20 heavy (non-hydrogen) atoms. The Morgan fingerprint density at radius 2 is 1.90 bits per heavy atom. The second kappa shape index (κ2) is 4.56. The Morgan fingerprint density at radius 3 is 2.65 bits per heavy atom. The fraction of sp³-hybridized carbons (Fsp3) is 0.0625. The summed E-state index contributed by atoms with van der Waals surface area (Å²) in [6.45, 7) is 1.91. The van der Waals surface area contributed by atoms with Gasteiger partial charge in [-0.15, -0.1) is 0 Å². The van der Waals surface area contributed by atoms with Crippen LogP contribution in [-0.2, 0) is 0 Å². The first-order valence-corrected chi connectivity index (χ1v) is 6.13. The van der Waals surface area contributed by atoms with Crippen molar-refractivity contribution in [1.82, 2.24) is 4.98 Å². The largest absolute Gasteiger partial charge is 0.354 e. The smallest absolute Gasteiger partial charge is 0.152 e. The number of carbonyl (C=O) groups excluding carboxylic acids is 1. The van der Waals surface area contributed by atoms with Crippen LogP contribution in [-0.4, -0.2) is 11.3 Å². The Kier molecular flexibility index (Phi) is 2.86. The molecule has 3 rings (SSSR count). The van der Waals surface area contributed by atoms with Crippen molar-refractivity contribution < 1.29 is 13.6 Å². The molecule has 3 aromatic rings. The summed E-state index contributed by atoms with van der Waals surface area (Å²) in [5, 5.41) is 0.707. The average molecular weight is 271 g/mol. The molecular formula is C16H11F2NO. The van der Waals surface area contributed by atoms with E-state index in [1.807, 2.05) is 25.1 Å². The second-order valence-electron chi connectivity index (χ2n) is 4.70. The van der Waals surface area contributed by atoms with Gasteiger partial charge in [-0.05, 0) is 37.3 Å². The first kappa shape index (κ1) is 12.5. The Morgan fingerprint density at radius 1 is 1.10 bits per heavy atom. The molecule has 1 N–H and O–H groups in total. The predicted octanol–water partition coefficient (Wildman–Crippen LogP) is 4.23. The van der Waals surface area contributed by atoms with Gasteiger partial charge in [0.2, 0.25) is 0 Å². The topological polar surface area (TPSA) is 32.9 Å². The van der Waals surface area contributed by atoms with Crippen LogP contribution in [0.4, 0.5) is 8.78 Å². The van der Waals surface area contributed by atoms with Crippen LogP contribution in [0.2, 0.25) is 0 Å². The van der Waals surface area contributed by atoms with Crippen LogP contribution in [0.1, 0.15) is 15.9 Å². The number of hydrogen-bond donors (Lipinski definition) is 1. The number of fused-ring (bicyclic) bond motifs is 1. The number of nitrogens with one attached hydrogen (secondary N) is 1. The standard InChI is InChI=1S/C16H11F2NO/c1-9-2-5-15-11(6-9)13(8-20)16(19-15)12-7-10(17)3-4-14(12)18/h2-8,19H,1H3. The Balaban J connectivity index is 2.36. The fourth-order valence-electron chi connectivity index (χ4n) is 2.35. The van der Waals surface area contributed by atoms with Crippen LogP contribution in [0.25, 0.3) is 22.2 Å². The summed E-state index contributed by atoms with van der Waals surface area (Å²) in [5.41, 5.74) is 2.41. The van der Waals surface area contributed by atoms with Gasteiger partial charge >= 0.3 is 0 Å². The molecular weight excluding hydrogens is 260 g/mol. The quantitative estimate of drug-likeness (QED) is 0.695. The number of H-pyrrole nitrogens is 1. The zero-order chi connectivity index (χ0) is 14.3. The lowest BCUT2D eigenvalue weighted by molar-refractivity contribution is 0.112. The van der Waals surface area contributed by atoms with Crippen LogP contribution in [0.15, 0.2) is 36.4 Å².